The van der Waals surface area contributed by atoms with E-state index in [9.17, 15) is 9.59 Å². The third-order valence-electron chi connectivity index (χ3n) is 2.08. The Morgan fingerprint density at radius 1 is 1.41 bits per heavy atom. The Kier molecular flexibility index (Phi) is 4.96. The molecule has 0 spiro atoms. The van der Waals surface area contributed by atoms with E-state index in [1.165, 1.54) is 4.90 Å². The van der Waals surface area contributed by atoms with Crippen molar-refractivity contribution in [2.24, 2.45) is 0 Å². The minimum atomic E-state index is -0.308. The van der Waals surface area contributed by atoms with Gasteiger partial charge in [-0.1, -0.05) is 11.6 Å². The standard InChI is InChI=1S/C11H12BrClN2O2/c1-15(2)10(16)6-14-11(17)7-3-4-9(13)8(12)5-7/h3-5H,6H2,1-2H3,(H,14,17). The van der Waals surface area contributed by atoms with E-state index in [2.05, 4.69) is 21.2 Å². The van der Waals surface area contributed by atoms with E-state index in [-0.39, 0.29) is 18.4 Å². The number of hydrogen-bond donors (Lipinski definition) is 1. The van der Waals surface area contributed by atoms with Gasteiger partial charge in [0.05, 0.1) is 11.6 Å². The van der Waals surface area contributed by atoms with Crippen LogP contribution in [0, 0.1) is 0 Å². The van der Waals surface area contributed by atoms with Crippen molar-refractivity contribution in [1.82, 2.24) is 10.2 Å². The predicted molar refractivity (Wildman–Crippen MR) is 70.2 cm³/mol. The van der Waals surface area contributed by atoms with E-state index in [1.54, 1.807) is 32.3 Å². The van der Waals surface area contributed by atoms with Crippen molar-refractivity contribution in [3.8, 4) is 0 Å². The second kappa shape index (κ2) is 6.02. The van der Waals surface area contributed by atoms with Gasteiger partial charge in [-0.25, -0.2) is 0 Å². The van der Waals surface area contributed by atoms with Crippen LogP contribution in [-0.4, -0.2) is 37.4 Å². The maximum atomic E-state index is 11.7. The zero-order valence-corrected chi connectivity index (χ0v) is 11.8. The van der Waals surface area contributed by atoms with Gasteiger partial charge in [-0.15, -0.1) is 0 Å². The van der Waals surface area contributed by atoms with Crippen molar-refractivity contribution < 1.29 is 9.59 Å². The maximum Gasteiger partial charge on any atom is 0.251 e. The topological polar surface area (TPSA) is 49.4 Å². The van der Waals surface area contributed by atoms with E-state index in [0.717, 1.165) is 0 Å². The van der Waals surface area contributed by atoms with Crippen LogP contribution >= 0.6 is 27.5 Å². The molecule has 1 aromatic carbocycles. The van der Waals surface area contributed by atoms with Crippen LogP contribution in [0.2, 0.25) is 5.02 Å². The second-order valence-electron chi connectivity index (χ2n) is 3.60. The highest BCUT2D eigenvalue weighted by Gasteiger charge is 2.10. The van der Waals surface area contributed by atoms with Crippen molar-refractivity contribution in [3.05, 3.63) is 33.3 Å². The molecule has 6 heteroatoms. The molecule has 0 fully saturated rings. The minimum Gasteiger partial charge on any atom is -0.347 e. The zero-order valence-electron chi connectivity index (χ0n) is 9.46. The van der Waals surface area contributed by atoms with E-state index in [0.29, 0.717) is 15.1 Å². The monoisotopic (exact) mass is 318 g/mol. The summed E-state index contributed by atoms with van der Waals surface area (Å²) in [5.41, 5.74) is 0.452. The summed E-state index contributed by atoms with van der Waals surface area (Å²) in [6, 6.07) is 4.83. The van der Waals surface area contributed by atoms with Crippen molar-refractivity contribution in [1.29, 1.82) is 0 Å². The van der Waals surface area contributed by atoms with Crippen LogP contribution in [0.4, 0.5) is 0 Å². The zero-order chi connectivity index (χ0) is 13.0. The SMILES string of the molecule is CN(C)C(=O)CNC(=O)c1ccc(Cl)c(Br)c1. The Morgan fingerprint density at radius 3 is 2.59 bits per heavy atom. The quantitative estimate of drug-likeness (QED) is 0.925. The van der Waals surface area contributed by atoms with Crippen molar-refractivity contribution in [3.63, 3.8) is 0 Å². The molecule has 1 rings (SSSR count). The predicted octanol–water partition coefficient (Wildman–Crippen LogP) is 1.92. The molecule has 17 heavy (non-hydrogen) atoms. The summed E-state index contributed by atoms with van der Waals surface area (Å²) in [6.45, 7) is -0.0217. The van der Waals surface area contributed by atoms with Gasteiger partial charge in [0.25, 0.3) is 5.91 Å². The third kappa shape index (κ3) is 4.02. The number of likely N-dealkylation sites (N-methyl/N-ethyl adjacent to an activating group) is 1. The maximum absolute atomic E-state index is 11.7. The normalized spacial score (nSPS) is 9.88. The Hall–Kier alpha value is -1.07. The van der Waals surface area contributed by atoms with Gasteiger partial charge >= 0.3 is 0 Å². The minimum absolute atomic E-state index is 0.0217. The summed E-state index contributed by atoms with van der Waals surface area (Å²) < 4.78 is 0.644. The fraction of sp³-hybridized carbons (Fsp3) is 0.273. The highest BCUT2D eigenvalue weighted by molar-refractivity contribution is 9.10. The average molecular weight is 320 g/mol. The number of nitrogens with one attached hydrogen (secondary N) is 1. The fourth-order valence-corrected chi connectivity index (χ4v) is 1.55. The number of carbonyl (C=O) groups excluding carboxylic acids is 2. The molecule has 0 heterocycles. The van der Waals surface area contributed by atoms with Gasteiger partial charge in [0.15, 0.2) is 0 Å². The number of hydrogen-bond acceptors (Lipinski definition) is 2. The lowest BCUT2D eigenvalue weighted by Gasteiger charge is -2.11. The van der Waals surface area contributed by atoms with Crippen molar-refractivity contribution >= 4 is 39.3 Å². The molecule has 1 N–H and O–H groups in total. The number of nitrogens with zero attached hydrogens (tertiary/aromatic N) is 1. The first-order chi connectivity index (χ1) is 7.91. The summed E-state index contributed by atoms with van der Waals surface area (Å²) in [6.07, 6.45) is 0. The van der Waals surface area contributed by atoms with Crippen LogP contribution in [0.25, 0.3) is 0 Å². The van der Waals surface area contributed by atoms with Gasteiger partial charge in [0.2, 0.25) is 5.91 Å². The molecule has 92 valence electrons. The van der Waals surface area contributed by atoms with E-state index in [1.807, 2.05) is 0 Å². The first-order valence-electron chi connectivity index (χ1n) is 4.85. The Bertz CT molecular complexity index is 449. The van der Waals surface area contributed by atoms with E-state index < -0.39 is 0 Å². The second-order valence-corrected chi connectivity index (χ2v) is 4.86. The summed E-state index contributed by atoms with van der Waals surface area (Å²) in [7, 11) is 3.26. The van der Waals surface area contributed by atoms with Crippen LogP contribution in [0.5, 0.6) is 0 Å². The Morgan fingerprint density at radius 2 is 2.06 bits per heavy atom. The molecule has 1 aromatic rings. The summed E-state index contributed by atoms with van der Waals surface area (Å²) in [5, 5.41) is 3.07. The number of rotatable bonds is 3. The first-order valence-corrected chi connectivity index (χ1v) is 6.02. The van der Waals surface area contributed by atoms with Crippen molar-refractivity contribution in [2.45, 2.75) is 0 Å². The molecular weight excluding hydrogens is 307 g/mol. The highest BCUT2D eigenvalue weighted by atomic mass is 79.9. The molecule has 0 aliphatic carbocycles. The fourth-order valence-electron chi connectivity index (χ4n) is 1.05. The van der Waals surface area contributed by atoms with Crippen molar-refractivity contribution in [2.75, 3.05) is 20.6 Å². The molecule has 0 saturated carbocycles. The summed E-state index contributed by atoms with van der Waals surface area (Å²) in [4.78, 5) is 24.4. The molecule has 0 atom stereocenters. The van der Waals surface area contributed by atoms with Gasteiger partial charge in [-0.3, -0.25) is 9.59 Å². The molecular formula is C11H12BrClN2O2. The summed E-state index contributed by atoms with van der Waals surface area (Å²) in [5.74, 6) is -0.469. The number of benzene rings is 1. The average Bonchev–Trinajstić information content (AvgIpc) is 2.28. The molecule has 0 bridgehead atoms. The van der Waals surface area contributed by atoms with Crippen LogP contribution in [0.3, 0.4) is 0 Å². The van der Waals surface area contributed by atoms with Gasteiger partial charge in [0, 0.05) is 24.1 Å². The number of amides is 2. The largest absolute Gasteiger partial charge is 0.347 e. The molecule has 0 radical (unpaired) electrons. The van der Waals surface area contributed by atoms with Crippen LogP contribution < -0.4 is 5.32 Å². The summed E-state index contributed by atoms with van der Waals surface area (Å²) >= 11 is 9.05. The van der Waals surface area contributed by atoms with E-state index in [4.69, 9.17) is 11.6 Å². The molecule has 4 nitrogen and oxygen atoms in total. The van der Waals surface area contributed by atoms with E-state index >= 15 is 0 Å². The van der Waals surface area contributed by atoms with Crippen LogP contribution in [0.1, 0.15) is 10.4 Å². The smallest absolute Gasteiger partial charge is 0.251 e. The molecule has 0 unspecified atom stereocenters. The van der Waals surface area contributed by atoms with Gasteiger partial charge in [-0.2, -0.15) is 0 Å². The van der Waals surface area contributed by atoms with Gasteiger partial charge < -0.3 is 10.2 Å². The first kappa shape index (κ1) is 14.0. The lowest BCUT2D eigenvalue weighted by molar-refractivity contribution is -0.127. The number of halogens is 2. The lowest BCUT2D eigenvalue weighted by Crippen LogP contribution is -2.36. The highest BCUT2D eigenvalue weighted by Crippen LogP contribution is 2.23. The van der Waals surface area contributed by atoms with Gasteiger partial charge in [0.1, 0.15) is 0 Å². The Labute approximate surface area is 113 Å². The molecule has 2 amide bonds. The third-order valence-corrected chi connectivity index (χ3v) is 3.29. The van der Waals surface area contributed by atoms with Crippen LogP contribution in [0.15, 0.2) is 22.7 Å². The lowest BCUT2D eigenvalue weighted by atomic mass is 10.2. The van der Waals surface area contributed by atoms with Crippen LogP contribution in [-0.2, 0) is 4.79 Å². The molecule has 0 aromatic heterocycles. The Balaban J connectivity index is 2.64. The number of carbonyl (C=O) groups is 2. The molecule has 0 saturated heterocycles. The molecule has 0 aliphatic rings. The van der Waals surface area contributed by atoms with Gasteiger partial charge in [-0.05, 0) is 34.1 Å². The molecule has 0 aliphatic heterocycles.